The van der Waals surface area contributed by atoms with Crippen LogP contribution in [0.5, 0.6) is 0 Å². The summed E-state index contributed by atoms with van der Waals surface area (Å²) in [4.78, 5) is 10.7. The largest absolute Gasteiger partial charge is 0.477 e. The molecule has 4 nitrogen and oxygen atoms in total. The molecule has 0 radical (unpaired) electrons. The van der Waals surface area contributed by atoms with E-state index in [1.807, 2.05) is 6.92 Å². The summed E-state index contributed by atoms with van der Waals surface area (Å²) in [7, 11) is -0.930. The van der Waals surface area contributed by atoms with Crippen LogP contribution in [0.3, 0.4) is 0 Å². The Bertz CT molecular complexity index is 359. The fraction of sp³-hybridized carbons (Fsp3) is 0.444. The molecule has 5 heteroatoms. The van der Waals surface area contributed by atoms with Gasteiger partial charge in [-0.1, -0.05) is 0 Å². The second kappa shape index (κ2) is 4.41. The van der Waals surface area contributed by atoms with Gasteiger partial charge >= 0.3 is 5.97 Å². The molecule has 14 heavy (non-hydrogen) atoms. The SMILES string of the molecule is CC(Cn1cccc1C(=O)O)S(C)=O. The van der Waals surface area contributed by atoms with Gasteiger partial charge in [0, 0.05) is 35.0 Å². The van der Waals surface area contributed by atoms with Crippen LogP contribution < -0.4 is 0 Å². The first kappa shape index (κ1) is 11.0. The number of aromatic carboxylic acids is 1. The third-order valence-electron chi connectivity index (χ3n) is 2.07. The summed E-state index contributed by atoms with van der Waals surface area (Å²) in [5, 5.41) is 8.77. The van der Waals surface area contributed by atoms with Gasteiger partial charge in [0.25, 0.3) is 0 Å². The molecular formula is C9H13NO3S. The monoisotopic (exact) mass is 215 g/mol. The van der Waals surface area contributed by atoms with Gasteiger partial charge < -0.3 is 9.67 Å². The Hall–Kier alpha value is -1.10. The van der Waals surface area contributed by atoms with E-state index >= 15 is 0 Å². The van der Waals surface area contributed by atoms with Crippen molar-refractivity contribution in [3.05, 3.63) is 24.0 Å². The van der Waals surface area contributed by atoms with Crippen LogP contribution >= 0.6 is 0 Å². The highest BCUT2D eigenvalue weighted by molar-refractivity contribution is 7.84. The number of hydrogen-bond donors (Lipinski definition) is 1. The van der Waals surface area contributed by atoms with E-state index in [-0.39, 0.29) is 10.9 Å². The average Bonchev–Trinajstić information content (AvgIpc) is 2.52. The van der Waals surface area contributed by atoms with Crippen molar-refractivity contribution in [3.8, 4) is 0 Å². The summed E-state index contributed by atoms with van der Waals surface area (Å²) in [6.07, 6.45) is 3.31. The minimum atomic E-state index is -0.955. The Balaban J connectivity index is 2.81. The van der Waals surface area contributed by atoms with Crippen molar-refractivity contribution in [1.82, 2.24) is 4.57 Å². The maximum atomic E-state index is 11.1. The quantitative estimate of drug-likeness (QED) is 0.813. The van der Waals surface area contributed by atoms with Crippen molar-refractivity contribution in [3.63, 3.8) is 0 Å². The first-order valence-electron chi connectivity index (χ1n) is 4.23. The molecule has 1 heterocycles. The Morgan fingerprint density at radius 3 is 2.86 bits per heavy atom. The average molecular weight is 215 g/mol. The van der Waals surface area contributed by atoms with Crippen LogP contribution in [-0.2, 0) is 17.3 Å². The van der Waals surface area contributed by atoms with E-state index in [1.54, 1.807) is 23.1 Å². The van der Waals surface area contributed by atoms with Crippen LogP contribution in [-0.4, -0.2) is 31.4 Å². The Kier molecular flexibility index (Phi) is 3.46. The van der Waals surface area contributed by atoms with Gasteiger partial charge in [-0.05, 0) is 19.1 Å². The summed E-state index contributed by atoms with van der Waals surface area (Å²) in [5.41, 5.74) is 0.238. The number of nitrogens with zero attached hydrogens (tertiary/aromatic N) is 1. The molecule has 1 N–H and O–H groups in total. The van der Waals surface area contributed by atoms with Crippen molar-refractivity contribution in [2.45, 2.75) is 18.7 Å². The number of carboxylic acid groups (broad SMARTS) is 1. The maximum Gasteiger partial charge on any atom is 0.352 e. The lowest BCUT2D eigenvalue weighted by molar-refractivity contribution is 0.0685. The van der Waals surface area contributed by atoms with Crippen LogP contribution in [0.25, 0.3) is 0 Å². The van der Waals surface area contributed by atoms with Crippen LogP contribution in [0, 0.1) is 0 Å². The van der Waals surface area contributed by atoms with E-state index in [0.717, 1.165) is 0 Å². The molecule has 0 aliphatic carbocycles. The Morgan fingerprint density at radius 1 is 1.71 bits per heavy atom. The molecule has 78 valence electrons. The molecule has 0 aromatic carbocycles. The zero-order valence-electron chi connectivity index (χ0n) is 8.14. The van der Waals surface area contributed by atoms with Gasteiger partial charge in [0.1, 0.15) is 5.69 Å². The van der Waals surface area contributed by atoms with Gasteiger partial charge in [-0.2, -0.15) is 0 Å². The Morgan fingerprint density at radius 2 is 2.36 bits per heavy atom. The molecule has 1 rings (SSSR count). The van der Waals surface area contributed by atoms with Crippen LogP contribution in [0.2, 0.25) is 0 Å². The highest BCUT2D eigenvalue weighted by Gasteiger charge is 2.12. The summed E-state index contributed by atoms with van der Waals surface area (Å²) in [6.45, 7) is 2.31. The third kappa shape index (κ3) is 2.45. The van der Waals surface area contributed by atoms with E-state index < -0.39 is 16.8 Å². The molecule has 2 unspecified atom stereocenters. The number of aromatic nitrogens is 1. The molecule has 0 saturated heterocycles. The summed E-state index contributed by atoms with van der Waals surface area (Å²) >= 11 is 0. The van der Waals surface area contributed by atoms with E-state index in [9.17, 15) is 9.00 Å². The molecule has 1 aromatic heterocycles. The molecule has 0 saturated carbocycles. The van der Waals surface area contributed by atoms with Crippen molar-refractivity contribution in [2.75, 3.05) is 6.26 Å². The van der Waals surface area contributed by atoms with Crippen molar-refractivity contribution in [2.24, 2.45) is 0 Å². The van der Waals surface area contributed by atoms with Gasteiger partial charge in [-0.3, -0.25) is 4.21 Å². The fourth-order valence-corrected chi connectivity index (χ4v) is 1.52. The highest BCUT2D eigenvalue weighted by Crippen LogP contribution is 2.06. The summed E-state index contributed by atoms with van der Waals surface area (Å²) < 4.78 is 12.7. The second-order valence-electron chi connectivity index (χ2n) is 3.16. The van der Waals surface area contributed by atoms with Gasteiger partial charge in [0.2, 0.25) is 0 Å². The van der Waals surface area contributed by atoms with E-state index in [1.165, 1.54) is 6.07 Å². The zero-order chi connectivity index (χ0) is 10.7. The molecular weight excluding hydrogens is 202 g/mol. The predicted octanol–water partition coefficient (Wildman–Crippen LogP) is 0.953. The van der Waals surface area contributed by atoms with E-state index in [0.29, 0.717) is 6.54 Å². The van der Waals surface area contributed by atoms with Crippen molar-refractivity contribution >= 4 is 16.8 Å². The number of rotatable bonds is 4. The molecule has 0 bridgehead atoms. The smallest absolute Gasteiger partial charge is 0.352 e. The molecule has 0 fully saturated rings. The summed E-state index contributed by atoms with van der Waals surface area (Å²) in [6, 6.07) is 3.21. The molecule has 2 atom stereocenters. The molecule has 0 spiro atoms. The summed E-state index contributed by atoms with van der Waals surface area (Å²) in [5.74, 6) is -0.955. The standard InChI is InChI=1S/C9H13NO3S/c1-7(14(2)13)6-10-5-3-4-8(10)9(11)12/h3-5,7H,6H2,1-2H3,(H,11,12). The lowest BCUT2D eigenvalue weighted by Crippen LogP contribution is -2.19. The van der Waals surface area contributed by atoms with E-state index in [2.05, 4.69) is 0 Å². The van der Waals surface area contributed by atoms with Crippen LogP contribution in [0.1, 0.15) is 17.4 Å². The molecule has 0 amide bonds. The zero-order valence-corrected chi connectivity index (χ0v) is 8.95. The minimum Gasteiger partial charge on any atom is -0.477 e. The normalized spacial score (nSPS) is 15.0. The van der Waals surface area contributed by atoms with Gasteiger partial charge in [0.15, 0.2) is 0 Å². The predicted molar refractivity (Wildman–Crippen MR) is 54.9 cm³/mol. The lowest BCUT2D eigenvalue weighted by atomic mass is 10.4. The minimum absolute atomic E-state index is 0.0412. The lowest BCUT2D eigenvalue weighted by Gasteiger charge is -2.11. The first-order valence-corrected chi connectivity index (χ1v) is 5.85. The second-order valence-corrected chi connectivity index (χ2v) is 4.96. The first-order chi connectivity index (χ1) is 6.52. The van der Waals surface area contributed by atoms with Crippen LogP contribution in [0.15, 0.2) is 18.3 Å². The Labute approximate surface area is 85.0 Å². The number of carbonyl (C=O) groups is 1. The van der Waals surface area contributed by atoms with Gasteiger partial charge in [0.05, 0.1) is 0 Å². The fourth-order valence-electron chi connectivity index (χ4n) is 1.15. The topological polar surface area (TPSA) is 59.3 Å². The third-order valence-corrected chi connectivity index (χ3v) is 3.35. The highest BCUT2D eigenvalue weighted by atomic mass is 32.2. The maximum absolute atomic E-state index is 11.1. The van der Waals surface area contributed by atoms with E-state index in [4.69, 9.17) is 5.11 Å². The van der Waals surface area contributed by atoms with Crippen LogP contribution in [0.4, 0.5) is 0 Å². The number of hydrogen-bond acceptors (Lipinski definition) is 2. The molecule has 0 aliphatic heterocycles. The number of carboxylic acids is 1. The van der Waals surface area contributed by atoms with Crippen molar-refractivity contribution < 1.29 is 14.1 Å². The molecule has 1 aromatic rings. The molecule has 0 aliphatic rings. The van der Waals surface area contributed by atoms with Gasteiger partial charge in [-0.25, -0.2) is 4.79 Å². The van der Waals surface area contributed by atoms with Crippen molar-refractivity contribution in [1.29, 1.82) is 0 Å². The van der Waals surface area contributed by atoms with Gasteiger partial charge in [-0.15, -0.1) is 0 Å².